The molecule has 6 heteroatoms. The summed E-state index contributed by atoms with van der Waals surface area (Å²) in [6.45, 7) is 4.49. The van der Waals surface area contributed by atoms with Crippen molar-refractivity contribution in [3.8, 4) is 0 Å². The van der Waals surface area contributed by atoms with E-state index in [1.807, 2.05) is 0 Å². The Kier molecular flexibility index (Phi) is 5.18. The summed E-state index contributed by atoms with van der Waals surface area (Å²) in [6.07, 6.45) is 3.76. The van der Waals surface area contributed by atoms with Gasteiger partial charge in [-0.2, -0.15) is 4.98 Å². The SMILES string of the molecule is CCC1CCCN1Cc1noc(CN)n1.Cl. The number of hydrogen-bond acceptors (Lipinski definition) is 5. The molecule has 2 rings (SSSR count). The van der Waals surface area contributed by atoms with Gasteiger partial charge in [-0.3, -0.25) is 4.90 Å². The Labute approximate surface area is 102 Å². The van der Waals surface area contributed by atoms with Crippen LogP contribution in [0.3, 0.4) is 0 Å². The highest BCUT2D eigenvalue weighted by atomic mass is 35.5. The Hall–Kier alpha value is -0.650. The van der Waals surface area contributed by atoms with Gasteiger partial charge in [-0.15, -0.1) is 12.4 Å². The maximum absolute atomic E-state index is 5.41. The Morgan fingerprint density at radius 2 is 2.38 bits per heavy atom. The first-order chi connectivity index (χ1) is 7.33. The summed E-state index contributed by atoms with van der Waals surface area (Å²) in [5.41, 5.74) is 5.41. The maximum atomic E-state index is 5.41. The molecule has 1 unspecified atom stereocenters. The zero-order chi connectivity index (χ0) is 10.7. The third kappa shape index (κ3) is 2.93. The summed E-state index contributed by atoms with van der Waals surface area (Å²) < 4.78 is 4.98. The van der Waals surface area contributed by atoms with E-state index < -0.39 is 0 Å². The average Bonchev–Trinajstić information content (AvgIpc) is 2.87. The number of halogens is 1. The lowest BCUT2D eigenvalue weighted by atomic mass is 10.2. The molecule has 5 nitrogen and oxygen atoms in total. The van der Waals surface area contributed by atoms with Gasteiger partial charge in [0.15, 0.2) is 5.82 Å². The predicted octanol–water partition coefficient (Wildman–Crippen LogP) is 1.32. The maximum Gasteiger partial charge on any atom is 0.240 e. The van der Waals surface area contributed by atoms with Gasteiger partial charge in [-0.1, -0.05) is 12.1 Å². The zero-order valence-corrected chi connectivity index (χ0v) is 10.4. The van der Waals surface area contributed by atoms with Gasteiger partial charge in [0, 0.05) is 6.04 Å². The molecule has 0 aromatic carbocycles. The molecule has 1 fully saturated rings. The van der Waals surface area contributed by atoms with Crippen molar-refractivity contribution < 1.29 is 4.52 Å². The Bertz CT molecular complexity index is 318. The molecule has 2 heterocycles. The molecule has 1 aromatic heterocycles. The van der Waals surface area contributed by atoms with E-state index >= 15 is 0 Å². The molecule has 1 aliphatic heterocycles. The molecule has 0 bridgehead atoms. The van der Waals surface area contributed by atoms with Gasteiger partial charge in [0.2, 0.25) is 5.89 Å². The van der Waals surface area contributed by atoms with Crippen LogP contribution in [0.4, 0.5) is 0 Å². The number of nitrogens with zero attached hydrogens (tertiary/aromatic N) is 3. The van der Waals surface area contributed by atoms with Crippen LogP contribution in [0.1, 0.15) is 37.9 Å². The minimum atomic E-state index is 0. The van der Waals surface area contributed by atoms with E-state index in [0.29, 0.717) is 18.5 Å². The second-order valence-corrected chi connectivity index (χ2v) is 3.98. The summed E-state index contributed by atoms with van der Waals surface area (Å²) in [5, 5.41) is 3.91. The quantitative estimate of drug-likeness (QED) is 0.868. The van der Waals surface area contributed by atoms with Gasteiger partial charge in [-0.05, 0) is 25.8 Å². The van der Waals surface area contributed by atoms with Gasteiger partial charge in [0.1, 0.15) is 0 Å². The van der Waals surface area contributed by atoms with Crippen molar-refractivity contribution in [2.45, 2.75) is 45.3 Å². The van der Waals surface area contributed by atoms with Crippen molar-refractivity contribution >= 4 is 12.4 Å². The Morgan fingerprint density at radius 1 is 1.56 bits per heavy atom. The lowest BCUT2D eigenvalue weighted by molar-refractivity contribution is 0.230. The predicted molar refractivity (Wildman–Crippen MR) is 63.2 cm³/mol. The van der Waals surface area contributed by atoms with E-state index in [0.717, 1.165) is 18.9 Å². The molecule has 0 spiro atoms. The molecule has 1 aliphatic rings. The summed E-state index contributed by atoms with van der Waals surface area (Å²) in [5.74, 6) is 1.29. The summed E-state index contributed by atoms with van der Waals surface area (Å²) in [6, 6.07) is 0.685. The third-order valence-electron chi connectivity index (χ3n) is 3.00. The minimum Gasteiger partial charge on any atom is -0.338 e. The highest BCUT2D eigenvalue weighted by molar-refractivity contribution is 5.85. The number of aromatic nitrogens is 2. The zero-order valence-electron chi connectivity index (χ0n) is 9.56. The van der Waals surface area contributed by atoms with Crippen LogP contribution in [0.25, 0.3) is 0 Å². The van der Waals surface area contributed by atoms with Crippen molar-refractivity contribution in [2.75, 3.05) is 6.54 Å². The number of nitrogens with two attached hydrogens (primary N) is 1. The minimum absolute atomic E-state index is 0. The molecule has 0 radical (unpaired) electrons. The molecular formula is C10H19ClN4O. The van der Waals surface area contributed by atoms with Gasteiger partial charge in [0.25, 0.3) is 0 Å². The highest BCUT2D eigenvalue weighted by Crippen LogP contribution is 2.21. The monoisotopic (exact) mass is 246 g/mol. The Balaban J connectivity index is 0.00000128. The van der Waals surface area contributed by atoms with Crippen LogP contribution in [0.2, 0.25) is 0 Å². The van der Waals surface area contributed by atoms with Crippen LogP contribution < -0.4 is 5.73 Å². The third-order valence-corrected chi connectivity index (χ3v) is 3.00. The van der Waals surface area contributed by atoms with Crippen molar-refractivity contribution in [3.63, 3.8) is 0 Å². The van der Waals surface area contributed by atoms with Crippen LogP contribution >= 0.6 is 12.4 Å². The van der Waals surface area contributed by atoms with E-state index in [-0.39, 0.29) is 12.4 Å². The fraction of sp³-hybridized carbons (Fsp3) is 0.800. The van der Waals surface area contributed by atoms with E-state index in [9.17, 15) is 0 Å². The van der Waals surface area contributed by atoms with Gasteiger partial charge in [-0.25, -0.2) is 0 Å². The van der Waals surface area contributed by atoms with Gasteiger partial charge < -0.3 is 10.3 Å². The molecule has 1 saturated heterocycles. The lowest BCUT2D eigenvalue weighted by Gasteiger charge is -2.21. The van der Waals surface area contributed by atoms with E-state index in [1.54, 1.807) is 0 Å². The molecule has 0 aliphatic carbocycles. The molecule has 1 aromatic rings. The molecule has 0 amide bonds. The standard InChI is InChI=1S/C10H18N4O.ClH/c1-2-8-4-3-5-14(8)7-9-12-10(6-11)15-13-9;/h8H,2-7,11H2,1H3;1H. The van der Waals surface area contributed by atoms with E-state index in [2.05, 4.69) is 22.0 Å². The molecular weight excluding hydrogens is 228 g/mol. The largest absolute Gasteiger partial charge is 0.338 e. The van der Waals surface area contributed by atoms with E-state index in [1.165, 1.54) is 19.3 Å². The smallest absolute Gasteiger partial charge is 0.240 e. The first-order valence-corrected chi connectivity index (χ1v) is 5.59. The first-order valence-electron chi connectivity index (χ1n) is 5.59. The second-order valence-electron chi connectivity index (χ2n) is 3.98. The summed E-state index contributed by atoms with van der Waals surface area (Å²) in [4.78, 5) is 6.64. The van der Waals surface area contributed by atoms with E-state index in [4.69, 9.17) is 10.3 Å². The fourth-order valence-corrected chi connectivity index (χ4v) is 2.18. The van der Waals surface area contributed by atoms with Crippen molar-refractivity contribution in [3.05, 3.63) is 11.7 Å². The van der Waals surface area contributed by atoms with Crippen LogP contribution in [0.5, 0.6) is 0 Å². The number of hydrogen-bond donors (Lipinski definition) is 1. The first kappa shape index (κ1) is 13.4. The fourth-order valence-electron chi connectivity index (χ4n) is 2.18. The van der Waals surface area contributed by atoms with Gasteiger partial charge >= 0.3 is 0 Å². The average molecular weight is 247 g/mol. The highest BCUT2D eigenvalue weighted by Gasteiger charge is 2.24. The van der Waals surface area contributed by atoms with Crippen LogP contribution in [0.15, 0.2) is 4.52 Å². The molecule has 16 heavy (non-hydrogen) atoms. The van der Waals surface area contributed by atoms with Crippen LogP contribution in [-0.2, 0) is 13.1 Å². The molecule has 1 atom stereocenters. The van der Waals surface area contributed by atoms with Crippen molar-refractivity contribution in [1.82, 2.24) is 15.0 Å². The lowest BCUT2D eigenvalue weighted by Crippen LogP contribution is -2.28. The number of likely N-dealkylation sites (tertiary alicyclic amines) is 1. The Morgan fingerprint density at radius 3 is 3.00 bits per heavy atom. The summed E-state index contributed by atoms with van der Waals surface area (Å²) >= 11 is 0. The molecule has 0 saturated carbocycles. The number of rotatable bonds is 4. The van der Waals surface area contributed by atoms with Crippen molar-refractivity contribution in [2.24, 2.45) is 5.73 Å². The molecule has 2 N–H and O–H groups in total. The van der Waals surface area contributed by atoms with Gasteiger partial charge in [0.05, 0.1) is 13.1 Å². The topological polar surface area (TPSA) is 68.2 Å². The van der Waals surface area contributed by atoms with Crippen molar-refractivity contribution in [1.29, 1.82) is 0 Å². The molecule has 92 valence electrons. The normalized spacial score (nSPS) is 21.0. The van der Waals surface area contributed by atoms with Crippen LogP contribution in [-0.4, -0.2) is 27.6 Å². The summed E-state index contributed by atoms with van der Waals surface area (Å²) in [7, 11) is 0. The van der Waals surface area contributed by atoms with Crippen LogP contribution in [0, 0.1) is 0 Å². The second kappa shape index (κ2) is 6.18.